The summed E-state index contributed by atoms with van der Waals surface area (Å²) >= 11 is 0. The Morgan fingerprint density at radius 2 is 1.69 bits per heavy atom. The normalized spacial score (nSPS) is 57.0. The molecular weight excluding hydrogens is 176 g/mol. The molecule has 4 atom stereocenters. The van der Waals surface area contributed by atoms with E-state index >= 15 is 0 Å². The maximum Gasteiger partial charge on any atom is 0.187 e. The van der Waals surface area contributed by atoms with Crippen molar-refractivity contribution in [1.29, 1.82) is 0 Å². The third-order valence-electron chi connectivity index (χ3n) is 3.17. The summed E-state index contributed by atoms with van der Waals surface area (Å²) in [5, 5.41) is 38.0. The minimum absolute atomic E-state index is 0.479. The van der Waals surface area contributed by atoms with E-state index in [1.807, 2.05) is 0 Å². The second-order valence-corrected chi connectivity index (χ2v) is 4.08. The fourth-order valence-electron chi connectivity index (χ4n) is 1.44. The molecule has 2 unspecified atom stereocenters. The molecule has 1 aliphatic rings. The zero-order valence-electron chi connectivity index (χ0n) is 7.98. The van der Waals surface area contributed by atoms with Crippen LogP contribution in [0.5, 0.6) is 0 Å². The second-order valence-electron chi connectivity index (χ2n) is 4.08. The lowest BCUT2D eigenvalue weighted by atomic mass is 9.77. The van der Waals surface area contributed by atoms with Crippen molar-refractivity contribution >= 4 is 0 Å². The van der Waals surface area contributed by atoms with Crippen LogP contribution in [0.4, 0.5) is 0 Å². The van der Waals surface area contributed by atoms with E-state index in [2.05, 4.69) is 0 Å². The molecule has 13 heavy (non-hydrogen) atoms. The number of ether oxygens (including phenoxy) is 1. The third kappa shape index (κ3) is 1.12. The van der Waals surface area contributed by atoms with Gasteiger partial charge in [-0.1, -0.05) is 0 Å². The van der Waals surface area contributed by atoms with Crippen LogP contribution in [0.2, 0.25) is 0 Å². The van der Waals surface area contributed by atoms with E-state index in [1.54, 1.807) is 0 Å². The monoisotopic (exact) mass is 192 g/mol. The van der Waals surface area contributed by atoms with Crippen LogP contribution in [0.3, 0.4) is 0 Å². The van der Waals surface area contributed by atoms with Gasteiger partial charge in [-0.3, -0.25) is 0 Å². The number of hydrogen-bond donors (Lipinski definition) is 4. The van der Waals surface area contributed by atoms with Crippen LogP contribution < -0.4 is 0 Å². The number of aliphatic hydroxyl groups excluding tert-OH is 2. The second kappa shape index (κ2) is 2.65. The molecule has 0 spiro atoms. The third-order valence-corrected chi connectivity index (χ3v) is 3.17. The van der Waals surface area contributed by atoms with Gasteiger partial charge in [-0.05, 0) is 20.8 Å². The molecule has 1 saturated heterocycles. The molecule has 0 aromatic rings. The quantitative estimate of drug-likeness (QED) is 0.410. The molecule has 5 nitrogen and oxygen atoms in total. The number of hydrogen-bond acceptors (Lipinski definition) is 5. The Balaban J connectivity index is 3.11. The van der Waals surface area contributed by atoms with Crippen LogP contribution in [0.25, 0.3) is 0 Å². The van der Waals surface area contributed by atoms with Crippen LogP contribution in [-0.4, -0.2) is 50.1 Å². The molecule has 0 aromatic heterocycles. The van der Waals surface area contributed by atoms with Crippen molar-refractivity contribution < 1.29 is 25.2 Å². The summed E-state index contributed by atoms with van der Waals surface area (Å²) in [6, 6.07) is 0. The van der Waals surface area contributed by atoms with Gasteiger partial charge in [0.2, 0.25) is 0 Å². The van der Waals surface area contributed by atoms with Crippen molar-refractivity contribution in [2.45, 2.75) is 43.9 Å². The summed E-state index contributed by atoms with van der Waals surface area (Å²) in [5.74, 6) is 0. The maximum absolute atomic E-state index is 9.92. The highest BCUT2D eigenvalue weighted by Gasteiger charge is 2.66. The van der Waals surface area contributed by atoms with Gasteiger partial charge >= 0.3 is 0 Å². The number of aliphatic hydroxyl groups is 4. The zero-order valence-corrected chi connectivity index (χ0v) is 7.98. The fourth-order valence-corrected chi connectivity index (χ4v) is 1.44. The minimum Gasteiger partial charge on any atom is -0.393 e. The van der Waals surface area contributed by atoms with Gasteiger partial charge in [-0.2, -0.15) is 0 Å². The largest absolute Gasteiger partial charge is 0.393 e. The van der Waals surface area contributed by atoms with Gasteiger partial charge in [-0.15, -0.1) is 0 Å². The van der Waals surface area contributed by atoms with E-state index in [-0.39, 0.29) is 0 Å². The van der Waals surface area contributed by atoms with Crippen molar-refractivity contribution in [3.8, 4) is 0 Å². The van der Waals surface area contributed by atoms with Crippen LogP contribution in [-0.2, 0) is 4.74 Å². The Labute approximate surface area is 76.6 Å². The highest BCUT2D eigenvalue weighted by molar-refractivity contribution is 5.13. The Kier molecular flexibility index (Phi) is 2.22. The van der Waals surface area contributed by atoms with Crippen molar-refractivity contribution in [1.82, 2.24) is 0 Å². The fraction of sp³-hybridized carbons (Fsp3) is 1.00. The van der Waals surface area contributed by atoms with Gasteiger partial charge < -0.3 is 25.2 Å². The summed E-state index contributed by atoms with van der Waals surface area (Å²) in [6.07, 6.45) is -1.50. The maximum atomic E-state index is 9.92. The lowest BCUT2D eigenvalue weighted by molar-refractivity contribution is -0.185. The molecule has 1 fully saturated rings. The van der Waals surface area contributed by atoms with Gasteiger partial charge in [0.25, 0.3) is 0 Å². The zero-order chi connectivity index (χ0) is 10.5. The van der Waals surface area contributed by atoms with Crippen molar-refractivity contribution in [3.05, 3.63) is 0 Å². The van der Waals surface area contributed by atoms with Gasteiger partial charge in [0.05, 0.1) is 6.61 Å². The van der Waals surface area contributed by atoms with Gasteiger partial charge in [0.15, 0.2) is 6.29 Å². The van der Waals surface area contributed by atoms with Crippen molar-refractivity contribution in [3.63, 3.8) is 0 Å². The molecule has 4 N–H and O–H groups in total. The highest BCUT2D eigenvalue weighted by atomic mass is 16.7. The van der Waals surface area contributed by atoms with Gasteiger partial charge in [0.1, 0.15) is 16.8 Å². The summed E-state index contributed by atoms with van der Waals surface area (Å²) < 4.78 is 4.93. The average Bonchev–Trinajstić information content (AvgIpc) is 2.12. The standard InChI is InChI=1S/C8H16O5/c1-6(4-9)8(3,12)7(2,11)5(10)13-6/h5,9-12H,4H2,1-3H3/t5-,6-,7?,8?/m1/s1. The first kappa shape index (κ1) is 10.9. The summed E-state index contributed by atoms with van der Waals surface area (Å²) in [6.45, 7) is 3.53. The summed E-state index contributed by atoms with van der Waals surface area (Å²) in [4.78, 5) is 0. The topological polar surface area (TPSA) is 90.2 Å². The molecule has 0 saturated carbocycles. The Hall–Kier alpha value is -0.200. The molecule has 1 heterocycles. The molecule has 5 heteroatoms. The molecule has 1 rings (SSSR count). The van der Waals surface area contributed by atoms with Gasteiger partial charge in [0, 0.05) is 0 Å². The van der Waals surface area contributed by atoms with E-state index in [9.17, 15) is 15.3 Å². The molecule has 0 radical (unpaired) electrons. The average molecular weight is 192 g/mol. The van der Waals surface area contributed by atoms with E-state index in [1.165, 1.54) is 20.8 Å². The summed E-state index contributed by atoms with van der Waals surface area (Å²) in [7, 11) is 0. The van der Waals surface area contributed by atoms with E-state index in [0.29, 0.717) is 0 Å². The highest BCUT2D eigenvalue weighted by Crippen LogP contribution is 2.45. The first-order chi connectivity index (χ1) is 5.69. The smallest absolute Gasteiger partial charge is 0.187 e. The van der Waals surface area contributed by atoms with E-state index < -0.39 is 29.7 Å². The molecule has 78 valence electrons. The summed E-state index contributed by atoms with van der Waals surface area (Å²) in [5.41, 5.74) is -4.84. The van der Waals surface area contributed by atoms with Gasteiger partial charge in [-0.25, -0.2) is 0 Å². The van der Waals surface area contributed by atoms with Crippen LogP contribution in [0.15, 0.2) is 0 Å². The van der Waals surface area contributed by atoms with E-state index in [0.717, 1.165) is 0 Å². The van der Waals surface area contributed by atoms with Crippen molar-refractivity contribution in [2.75, 3.05) is 6.61 Å². The Bertz CT molecular complexity index is 213. The molecular formula is C8H16O5. The first-order valence-corrected chi connectivity index (χ1v) is 4.10. The molecule has 0 bridgehead atoms. The lowest BCUT2D eigenvalue weighted by Gasteiger charge is -2.38. The lowest BCUT2D eigenvalue weighted by Crippen LogP contribution is -2.60. The van der Waals surface area contributed by atoms with Crippen LogP contribution in [0, 0.1) is 0 Å². The molecule has 0 aromatic carbocycles. The minimum atomic E-state index is -1.79. The van der Waals surface area contributed by atoms with Crippen LogP contribution in [0.1, 0.15) is 20.8 Å². The Morgan fingerprint density at radius 3 is 1.85 bits per heavy atom. The predicted molar refractivity (Wildman–Crippen MR) is 43.8 cm³/mol. The molecule has 1 aliphatic heterocycles. The first-order valence-electron chi connectivity index (χ1n) is 4.10. The molecule has 0 amide bonds. The number of rotatable bonds is 1. The van der Waals surface area contributed by atoms with Crippen molar-refractivity contribution in [2.24, 2.45) is 0 Å². The Morgan fingerprint density at radius 1 is 1.23 bits per heavy atom. The SMILES string of the molecule is CC1(O)[C@H](O)O[C@](C)(CO)C1(C)O. The molecule has 0 aliphatic carbocycles. The van der Waals surface area contributed by atoms with E-state index in [4.69, 9.17) is 9.84 Å². The predicted octanol–water partition coefficient (Wildman–Crippen LogP) is -1.41. The van der Waals surface area contributed by atoms with Crippen LogP contribution >= 0.6 is 0 Å².